The Morgan fingerprint density at radius 1 is 1.23 bits per heavy atom. The summed E-state index contributed by atoms with van der Waals surface area (Å²) in [7, 11) is 1.70. The first-order chi connectivity index (χ1) is 14.9. The van der Waals surface area contributed by atoms with Gasteiger partial charge in [-0.2, -0.15) is 0 Å². The monoisotopic (exact) mass is 429 g/mol. The molecule has 5 atom stereocenters. The van der Waals surface area contributed by atoms with Crippen molar-refractivity contribution in [3.05, 3.63) is 29.3 Å². The van der Waals surface area contributed by atoms with Crippen molar-refractivity contribution >= 4 is 0 Å². The minimum absolute atomic E-state index is 0.0779. The van der Waals surface area contributed by atoms with Crippen LogP contribution in [-0.2, 0) is 16.6 Å². The van der Waals surface area contributed by atoms with Gasteiger partial charge in [0.05, 0.1) is 24.9 Å². The van der Waals surface area contributed by atoms with E-state index < -0.39 is 17.1 Å². The van der Waals surface area contributed by atoms with Gasteiger partial charge in [0.25, 0.3) is 0 Å². The van der Waals surface area contributed by atoms with Crippen molar-refractivity contribution in [1.82, 2.24) is 4.90 Å². The third kappa shape index (κ3) is 3.62. The number of benzene rings is 1. The highest BCUT2D eigenvalue weighted by atomic mass is 16.5. The van der Waals surface area contributed by atoms with Gasteiger partial charge in [0, 0.05) is 31.0 Å². The second kappa shape index (κ2) is 8.02. The lowest BCUT2D eigenvalue weighted by atomic mass is 9.50. The molecule has 0 unspecified atom stereocenters. The Morgan fingerprint density at radius 3 is 2.74 bits per heavy atom. The molecule has 1 saturated heterocycles. The molecule has 0 spiro atoms. The number of rotatable bonds is 6. The van der Waals surface area contributed by atoms with Crippen LogP contribution in [0.25, 0.3) is 0 Å². The summed E-state index contributed by atoms with van der Waals surface area (Å²) in [4.78, 5) is 2.59. The van der Waals surface area contributed by atoms with E-state index in [1.165, 1.54) is 24.0 Å². The first-order valence-electron chi connectivity index (χ1n) is 12.3. The highest BCUT2D eigenvalue weighted by Crippen LogP contribution is 2.58. The summed E-state index contributed by atoms with van der Waals surface area (Å²) >= 11 is 0. The van der Waals surface area contributed by atoms with Gasteiger partial charge in [-0.25, -0.2) is 0 Å². The number of hydrogen-bond acceptors (Lipinski definition) is 5. The molecular weight excluding hydrogens is 390 g/mol. The lowest BCUT2D eigenvalue weighted by Crippen LogP contribution is -2.71. The average Bonchev–Trinajstić information content (AvgIpc) is 3.56. The van der Waals surface area contributed by atoms with Gasteiger partial charge >= 0.3 is 0 Å². The zero-order chi connectivity index (χ0) is 21.8. The lowest BCUT2D eigenvalue weighted by molar-refractivity contribution is -0.195. The average molecular weight is 430 g/mol. The van der Waals surface area contributed by atoms with Crippen LogP contribution in [0.3, 0.4) is 0 Å². The Morgan fingerprint density at radius 2 is 2.03 bits per heavy atom. The van der Waals surface area contributed by atoms with Crippen molar-refractivity contribution in [2.24, 2.45) is 11.8 Å². The minimum atomic E-state index is -0.904. The summed E-state index contributed by atoms with van der Waals surface area (Å²) in [6, 6.07) is 6.45. The SMILES string of the molecule is COc1ccc2c(c1)[C@]13CCCN(CC4CC4)[C@H](C2)[C@]1(O)C[C@H](OCC(C)C)[C@H](O)C3. The number of aliphatic hydroxyl groups excluding tert-OH is 1. The van der Waals surface area contributed by atoms with Gasteiger partial charge in [0.2, 0.25) is 0 Å². The Balaban J connectivity index is 1.58. The molecule has 5 rings (SSSR count). The van der Waals surface area contributed by atoms with Crippen molar-refractivity contribution in [3.63, 3.8) is 0 Å². The molecule has 172 valence electrons. The van der Waals surface area contributed by atoms with Crippen LogP contribution >= 0.6 is 0 Å². The molecule has 4 aliphatic rings. The third-order valence-corrected chi connectivity index (χ3v) is 8.45. The lowest BCUT2D eigenvalue weighted by Gasteiger charge is -2.60. The van der Waals surface area contributed by atoms with E-state index in [0.29, 0.717) is 25.4 Å². The molecule has 5 heteroatoms. The number of aliphatic hydroxyl groups is 2. The molecule has 2 saturated carbocycles. The van der Waals surface area contributed by atoms with E-state index in [1.807, 2.05) is 6.07 Å². The van der Waals surface area contributed by atoms with Crippen LogP contribution in [0.1, 0.15) is 63.5 Å². The molecule has 0 aromatic heterocycles. The molecular formula is C26H39NO4. The van der Waals surface area contributed by atoms with Crippen LogP contribution in [0, 0.1) is 11.8 Å². The molecule has 5 nitrogen and oxygen atoms in total. The van der Waals surface area contributed by atoms with Crippen molar-refractivity contribution < 1.29 is 19.7 Å². The molecule has 1 aliphatic heterocycles. The van der Waals surface area contributed by atoms with E-state index in [4.69, 9.17) is 9.47 Å². The van der Waals surface area contributed by atoms with Crippen LogP contribution in [-0.4, -0.2) is 65.8 Å². The van der Waals surface area contributed by atoms with Crippen LogP contribution in [0.5, 0.6) is 5.75 Å². The Kier molecular flexibility index (Phi) is 5.61. The third-order valence-electron chi connectivity index (χ3n) is 8.45. The van der Waals surface area contributed by atoms with E-state index >= 15 is 0 Å². The molecule has 1 aromatic carbocycles. The number of ether oxygens (including phenoxy) is 2. The number of nitrogens with zero attached hydrogens (tertiary/aromatic N) is 1. The molecule has 0 radical (unpaired) electrons. The standard InChI is InChI=1S/C26H39NO4/c1-17(2)16-31-23-14-26(29)24-11-19-7-8-20(30-3)12-21(19)25(26,13-22(23)28)9-4-10-27(24)15-18-5-6-18/h7-8,12,17-18,22-24,28-29H,4-6,9-11,13-16H2,1-3H3/t22-,23+,24-,25-,26-/m1/s1. The first kappa shape index (κ1) is 21.7. The minimum Gasteiger partial charge on any atom is -0.497 e. The van der Waals surface area contributed by atoms with Gasteiger partial charge < -0.3 is 19.7 Å². The molecule has 1 heterocycles. The van der Waals surface area contributed by atoms with E-state index in [1.54, 1.807) is 7.11 Å². The second-order valence-electron chi connectivity index (χ2n) is 11.0. The molecule has 2 N–H and O–H groups in total. The number of likely N-dealkylation sites (tertiary alicyclic amines) is 1. The van der Waals surface area contributed by atoms with Crippen LogP contribution in [0.15, 0.2) is 18.2 Å². The van der Waals surface area contributed by atoms with Gasteiger partial charge in [-0.1, -0.05) is 19.9 Å². The Bertz CT molecular complexity index is 809. The van der Waals surface area contributed by atoms with Crippen LogP contribution in [0.2, 0.25) is 0 Å². The molecule has 0 amide bonds. The van der Waals surface area contributed by atoms with Crippen molar-refractivity contribution in [1.29, 1.82) is 0 Å². The summed E-state index contributed by atoms with van der Waals surface area (Å²) in [5.41, 5.74) is 1.15. The molecule has 2 bridgehead atoms. The number of hydrogen-bond donors (Lipinski definition) is 2. The maximum atomic E-state index is 12.6. The fraction of sp³-hybridized carbons (Fsp3) is 0.769. The highest BCUT2D eigenvalue weighted by Gasteiger charge is 2.65. The fourth-order valence-corrected chi connectivity index (χ4v) is 6.75. The zero-order valence-corrected chi connectivity index (χ0v) is 19.3. The van der Waals surface area contributed by atoms with Crippen LogP contribution in [0.4, 0.5) is 0 Å². The van der Waals surface area contributed by atoms with Crippen molar-refractivity contribution in [2.45, 2.75) is 88.1 Å². The number of methoxy groups -OCH3 is 1. The largest absolute Gasteiger partial charge is 0.497 e. The Labute approximate surface area is 186 Å². The normalized spacial score (nSPS) is 37.8. The maximum Gasteiger partial charge on any atom is 0.119 e. The predicted molar refractivity (Wildman–Crippen MR) is 120 cm³/mol. The second-order valence-corrected chi connectivity index (χ2v) is 11.0. The summed E-state index contributed by atoms with van der Waals surface area (Å²) in [6.45, 7) is 7.00. The quantitative estimate of drug-likeness (QED) is 0.727. The fourth-order valence-electron chi connectivity index (χ4n) is 6.75. The van der Waals surface area contributed by atoms with E-state index in [9.17, 15) is 10.2 Å². The van der Waals surface area contributed by atoms with E-state index in [2.05, 4.69) is 30.9 Å². The smallest absolute Gasteiger partial charge is 0.119 e. The van der Waals surface area contributed by atoms with E-state index in [0.717, 1.165) is 44.0 Å². The highest BCUT2D eigenvalue weighted by molar-refractivity contribution is 5.48. The van der Waals surface area contributed by atoms with Crippen molar-refractivity contribution in [3.8, 4) is 5.75 Å². The summed E-state index contributed by atoms with van der Waals surface area (Å²) in [6.07, 6.45) is 5.63. The molecule has 3 aliphatic carbocycles. The maximum absolute atomic E-state index is 12.6. The number of fused-ring (bicyclic) bond motifs is 1. The summed E-state index contributed by atoms with van der Waals surface area (Å²) in [5.74, 6) is 2.03. The molecule has 31 heavy (non-hydrogen) atoms. The topological polar surface area (TPSA) is 62.2 Å². The summed E-state index contributed by atoms with van der Waals surface area (Å²) < 4.78 is 11.8. The molecule has 3 fully saturated rings. The van der Waals surface area contributed by atoms with Gasteiger partial charge in [-0.3, -0.25) is 4.90 Å². The van der Waals surface area contributed by atoms with Gasteiger partial charge in [-0.05, 0) is 80.2 Å². The van der Waals surface area contributed by atoms with Gasteiger partial charge in [-0.15, -0.1) is 0 Å². The molecule has 1 aromatic rings. The first-order valence-corrected chi connectivity index (χ1v) is 12.3. The zero-order valence-electron chi connectivity index (χ0n) is 19.3. The van der Waals surface area contributed by atoms with Gasteiger partial charge in [0.1, 0.15) is 5.75 Å². The predicted octanol–water partition coefficient (Wildman–Crippen LogP) is 3.29. The summed E-state index contributed by atoms with van der Waals surface area (Å²) in [5, 5.41) is 23.9. The van der Waals surface area contributed by atoms with Crippen molar-refractivity contribution in [2.75, 3.05) is 26.8 Å². The van der Waals surface area contributed by atoms with E-state index in [-0.39, 0.29) is 12.1 Å². The van der Waals surface area contributed by atoms with Gasteiger partial charge in [0.15, 0.2) is 0 Å². The Hall–Kier alpha value is -1.14. The van der Waals surface area contributed by atoms with Crippen LogP contribution < -0.4 is 4.74 Å².